The first-order valence-electron chi connectivity index (χ1n) is 5.47. The number of halogens is 3. The van der Waals surface area contributed by atoms with Crippen LogP contribution < -0.4 is 11.3 Å². The van der Waals surface area contributed by atoms with E-state index in [-0.39, 0.29) is 0 Å². The molecule has 1 aromatic carbocycles. The van der Waals surface area contributed by atoms with Crippen molar-refractivity contribution in [2.24, 2.45) is 5.84 Å². The molecule has 1 atom stereocenters. The van der Waals surface area contributed by atoms with Crippen molar-refractivity contribution >= 4 is 11.3 Å². The number of benzene rings is 1. The fraction of sp³-hybridized carbons (Fsp3) is 0.250. The van der Waals surface area contributed by atoms with Crippen LogP contribution >= 0.6 is 11.3 Å². The minimum Gasteiger partial charge on any atom is -0.271 e. The Labute approximate surface area is 112 Å². The number of hydrogen-bond acceptors (Lipinski definition) is 4. The molecule has 0 saturated carbocycles. The van der Waals surface area contributed by atoms with Crippen LogP contribution in [0.15, 0.2) is 30.5 Å². The lowest BCUT2D eigenvalue weighted by atomic mass is 10.1. The lowest BCUT2D eigenvalue weighted by Crippen LogP contribution is -2.28. The van der Waals surface area contributed by atoms with Crippen LogP contribution in [-0.4, -0.2) is 4.98 Å². The molecule has 0 amide bonds. The molecule has 102 valence electrons. The number of nitrogens with one attached hydrogen (secondary N) is 1. The van der Waals surface area contributed by atoms with Crippen LogP contribution in [0, 0.1) is 6.92 Å². The summed E-state index contributed by atoms with van der Waals surface area (Å²) in [5, 5.41) is -0.866. The molecule has 0 fully saturated rings. The molecule has 1 heterocycles. The normalized spacial score (nSPS) is 13.5. The molecule has 0 aliphatic rings. The van der Waals surface area contributed by atoms with Crippen molar-refractivity contribution < 1.29 is 13.2 Å². The number of thiazole rings is 1. The van der Waals surface area contributed by atoms with E-state index < -0.39 is 17.2 Å². The predicted molar refractivity (Wildman–Crippen MR) is 67.5 cm³/mol. The Morgan fingerprint density at radius 3 is 2.37 bits per heavy atom. The van der Waals surface area contributed by atoms with Gasteiger partial charge in [-0.05, 0) is 12.5 Å². The number of rotatable bonds is 3. The highest BCUT2D eigenvalue weighted by Crippen LogP contribution is 2.35. The summed E-state index contributed by atoms with van der Waals surface area (Å²) < 4.78 is 37.6. The van der Waals surface area contributed by atoms with Crippen molar-refractivity contribution in [2.75, 3.05) is 0 Å². The van der Waals surface area contributed by atoms with E-state index in [1.54, 1.807) is 0 Å². The molecule has 0 saturated heterocycles. The van der Waals surface area contributed by atoms with E-state index >= 15 is 0 Å². The Balaban J connectivity index is 2.32. The van der Waals surface area contributed by atoms with Gasteiger partial charge < -0.3 is 0 Å². The van der Waals surface area contributed by atoms with Gasteiger partial charge in [0.15, 0.2) is 5.01 Å². The van der Waals surface area contributed by atoms with Crippen LogP contribution in [0.3, 0.4) is 0 Å². The number of hydrogen-bond donors (Lipinski definition) is 2. The van der Waals surface area contributed by atoms with E-state index in [0.29, 0.717) is 16.2 Å². The van der Waals surface area contributed by atoms with Gasteiger partial charge in [0, 0.05) is 11.1 Å². The SMILES string of the molecule is Cc1ccc(C(NN)c2cnc(C(F)(F)F)s2)cc1. The zero-order valence-corrected chi connectivity index (χ0v) is 10.8. The molecule has 2 aromatic rings. The molecule has 0 aliphatic heterocycles. The molecule has 2 rings (SSSR count). The fourth-order valence-corrected chi connectivity index (χ4v) is 2.52. The van der Waals surface area contributed by atoms with Crippen LogP contribution in [-0.2, 0) is 6.18 Å². The van der Waals surface area contributed by atoms with Gasteiger partial charge in [0.25, 0.3) is 0 Å². The summed E-state index contributed by atoms with van der Waals surface area (Å²) in [5.74, 6) is 5.44. The maximum Gasteiger partial charge on any atom is 0.443 e. The quantitative estimate of drug-likeness (QED) is 0.674. The number of aromatic nitrogens is 1. The second-order valence-corrected chi connectivity index (χ2v) is 5.14. The van der Waals surface area contributed by atoms with E-state index in [4.69, 9.17) is 5.84 Å². The molecule has 3 nitrogen and oxygen atoms in total. The summed E-state index contributed by atoms with van der Waals surface area (Å²) >= 11 is 0.593. The van der Waals surface area contributed by atoms with Crippen molar-refractivity contribution in [2.45, 2.75) is 19.1 Å². The van der Waals surface area contributed by atoms with E-state index in [9.17, 15) is 13.2 Å². The van der Waals surface area contributed by atoms with Crippen molar-refractivity contribution in [3.05, 3.63) is 51.5 Å². The number of alkyl halides is 3. The number of nitrogens with two attached hydrogens (primary N) is 1. The highest BCUT2D eigenvalue weighted by molar-refractivity contribution is 7.11. The third-order valence-corrected chi connectivity index (χ3v) is 3.73. The van der Waals surface area contributed by atoms with E-state index in [1.807, 2.05) is 31.2 Å². The molecule has 0 radical (unpaired) electrons. The predicted octanol–water partition coefficient (Wildman–Crippen LogP) is 3.02. The van der Waals surface area contributed by atoms with Gasteiger partial charge in [-0.25, -0.2) is 10.4 Å². The Morgan fingerprint density at radius 2 is 1.89 bits per heavy atom. The summed E-state index contributed by atoms with van der Waals surface area (Å²) in [6.07, 6.45) is -3.22. The highest BCUT2D eigenvalue weighted by atomic mass is 32.1. The first-order valence-corrected chi connectivity index (χ1v) is 6.29. The molecule has 3 N–H and O–H groups in total. The maximum atomic E-state index is 12.5. The summed E-state index contributed by atoms with van der Waals surface area (Å²) in [5.41, 5.74) is 4.39. The first kappa shape index (κ1) is 14.0. The molecule has 0 aliphatic carbocycles. The van der Waals surface area contributed by atoms with Gasteiger partial charge in [-0.2, -0.15) is 13.2 Å². The van der Waals surface area contributed by atoms with Crippen LogP contribution in [0.25, 0.3) is 0 Å². The molecular formula is C12H12F3N3S. The monoisotopic (exact) mass is 287 g/mol. The molecule has 19 heavy (non-hydrogen) atoms. The van der Waals surface area contributed by atoms with Crippen LogP contribution in [0.4, 0.5) is 13.2 Å². The van der Waals surface area contributed by atoms with E-state index in [1.165, 1.54) is 6.20 Å². The zero-order chi connectivity index (χ0) is 14.0. The lowest BCUT2D eigenvalue weighted by molar-refractivity contribution is -0.137. The van der Waals surface area contributed by atoms with Crippen LogP contribution in [0.1, 0.15) is 27.1 Å². The third-order valence-electron chi connectivity index (χ3n) is 2.63. The number of aryl methyl sites for hydroxylation is 1. The summed E-state index contributed by atoms with van der Waals surface area (Å²) in [6.45, 7) is 1.93. The minimum atomic E-state index is -4.42. The number of hydrazine groups is 1. The second-order valence-electron chi connectivity index (χ2n) is 4.08. The molecule has 1 unspecified atom stereocenters. The smallest absolute Gasteiger partial charge is 0.271 e. The molecular weight excluding hydrogens is 275 g/mol. The maximum absolute atomic E-state index is 12.5. The Morgan fingerprint density at radius 1 is 1.26 bits per heavy atom. The molecule has 0 bridgehead atoms. The van der Waals surface area contributed by atoms with Crippen LogP contribution in [0.5, 0.6) is 0 Å². The van der Waals surface area contributed by atoms with Gasteiger partial charge in [0.2, 0.25) is 0 Å². The van der Waals surface area contributed by atoms with Gasteiger partial charge in [-0.3, -0.25) is 5.84 Å². The van der Waals surface area contributed by atoms with Crippen molar-refractivity contribution in [3.63, 3.8) is 0 Å². The largest absolute Gasteiger partial charge is 0.443 e. The summed E-state index contributed by atoms with van der Waals surface area (Å²) in [4.78, 5) is 3.83. The lowest BCUT2D eigenvalue weighted by Gasteiger charge is -2.14. The minimum absolute atomic E-state index is 0.429. The zero-order valence-electron chi connectivity index (χ0n) is 10.0. The summed E-state index contributed by atoms with van der Waals surface area (Å²) in [7, 11) is 0. The second kappa shape index (κ2) is 5.28. The van der Waals surface area contributed by atoms with Crippen molar-refractivity contribution in [3.8, 4) is 0 Å². The van der Waals surface area contributed by atoms with Gasteiger partial charge in [0.1, 0.15) is 0 Å². The number of nitrogens with zero attached hydrogens (tertiary/aromatic N) is 1. The molecule has 7 heteroatoms. The fourth-order valence-electron chi connectivity index (χ4n) is 1.65. The summed E-state index contributed by atoms with van der Waals surface area (Å²) in [6, 6.07) is 6.92. The van der Waals surface area contributed by atoms with E-state index in [0.717, 1.165) is 11.1 Å². The topological polar surface area (TPSA) is 50.9 Å². The van der Waals surface area contributed by atoms with E-state index in [2.05, 4.69) is 10.4 Å². The van der Waals surface area contributed by atoms with Crippen molar-refractivity contribution in [1.82, 2.24) is 10.4 Å². The third kappa shape index (κ3) is 3.12. The van der Waals surface area contributed by atoms with Gasteiger partial charge in [-0.15, -0.1) is 11.3 Å². The van der Waals surface area contributed by atoms with Crippen molar-refractivity contribution in [1.29, 1.82) is 0 Å². The van der Waals surface area contributed by atoms with Crippen LogP contribution in [0.2, 0.25) is 0 Å². The average molecular weight is 287 g/mol. The highest BCUT2D eigenvalue weighted by Gasteiger charge is 2.35. The Hall–Kier alpha value is -1.44. The van der Waals surface area contributed by atoms with Gasteiger partial charge >= 0.3 is 6.18 Å². The first-order chi connectivity index (χ1) is 8.91. The average Bonchev–Trinajstić information content (AvgIpc) is 2.82. The standard InChI is InChI=1S/C12H12F3N3S/c1-7-2-4-8(5-3-7)10(18-16)9-6-17-11(19-9)12(13,14)15/h2-6,10,18H,16H2,1H3. The van der Waals surface area contributed by atoms with Gasteiger partial charge in [0.05, 0.1) is 6.04 Å². The Bertz CT molecular complexity index is 548. The van der Waals surface area contributed by atoms with Gasteiger partial charge in [-0.1, -0.05) is 29.8 Å². The Kier molecular flexibility index (Phi) is 3.88. The molecule has 1 aromatic heterocycles. The molecule has 0 spiro atoms.